The number of benzene rings is 3. The minimum absolute atomic E-state index is 0.120. The average molecular weight is 526 g/mol. The van der Waals surface area contributed by atoms with E-state index in [1.54, 1.807) is 12.0 Å². The number of rotatable bonds is 10. The smallest absolute Gasteiger partial charge is 0.291 e. The molecule has 2 heterocycles. The van der Waals surface area contributed by atoms with E-state index in [0.717, 1.165) is 46.6 Å². The third-order valence-electron chi connectivity index (χ3n) is 7.37. The van der Waals surface area contributed by atoms with Crippen molar-refractivity contribution in [1.29, 1.82) is 0 Å². The Kier molecular flexibility index (Phi) is 7.73. The van der Waals surface area contributed by atoms with E-state index in [-0.39, 0.29) is 17.1 Å². The van der Waals surface area contributed by atoms with Gasteiger partial charge in [-0.05, 0) is 72.9 Å². The van der Waals surface area contributed by atoms with E-state index in [1.165, 1.54) is 12.8 Å². The van der Waals surface area contributed by atoms with Crippen molar-refractivity contribution in [1.82, 2.24) is 4.90 Å². The van der Waals surface area contributed by atoms with E-state index in [1.807, 2.05) is 74.5 Å². The molecule has 6 heteroatoms. The summed E-state index contributed by atoms with van der Waals surface area (Å²) in [6.45, 7) is 7.04. The third kappa shape index (κ3) is 5.29. The van der Waals surface area contributed by atoms with Gasteiger partial charge in [-0.1, -0.05) is 56.5 Å². The number of unbranched alkanes of at least 4 members (excludes halogenated alkanes) is 3. The van der Waals surface area contributed by atoms with Crippen LogP contribution in [0.2, 0.25) is 0 Å². The lowest BCUT2D eigenvalue weighted by molar-refractivity contribution is 0.0714. The van der Waals surface area contributed by atoms with Gasteiger partial charge in [0.2, 0.25) is 5.76 Å². The average Bonchev–Trinajstić information content (AvgIpc) is 3.21. The normalized spacial score (nSPS) is 14.6. The second kappa shape index (κ2) is 11.4. The van der Waals surface area contributed by atoms with Gasteiger partial charge >= 0.3 is 0 Å². The fourth-order valence-electron chi connectivity index (χ4n) is 5.38. The molecule has 1 atom stereocenters. The summed E-state index contributed by atoms with van der Waals surface area (Å²) in [6.07, 6.45) is 4.56. The van der Waals surface area contributed by atoms with Crippen LogP contribution in [0.5, 0.6) is 11.5 Å². The zero-order chi connectivity index (χ0) is 27.5. The second-order valence-electron chi connectivity index (χ2n) is 10.3. The highest BCUT2D eigenvalue weighted by atomic mass is 16.5. The molecule has 0 spiro atoms. The van der Waals surface area contributed by atoms with Crippen molar-refractivity contribution < 1.29 is 18.7 Å². The number of amides is 1. The Balaban J connectivity index is 1.54. The molecule has 6 nitrogen and oxygen atoms in total. The largest absolute Gasteiger partial charge is 0.497 e. The van der Waals surface area contributed by atoms with E-state index < -0.39 is 6.04 Å². The Morgan fingerprint density at radius 3 is 2.31 bits per heavy atom. The maximum Gasteiger partial charge on any atom is 0.291 e. The molecular weight excluding hydrogens is 490 g/mol. The van der Waals surface area contributed by atoms with Gasteiger partial charge in [0.15, 0.2) is 5.43 Å². The third-order valence-corrected chi connectivity index (χ3v) is 7.37. The van der Waals surface area contributed by atoms with Gasteiger partial charge in [0.05, 0.1) is 30.7 Å². The topological polar surface area (TPSA) is 69.0 Å². The highest BCUT2D eigenvalue weighted by Gasteiger charge is 2.42. The second-order valence-corrected chi connectivity index (χ2v) is 10.3. The van der Waals surface area contributed by atoms with Gasteiger partial charge in [-0.3, -0.25) is 9.59 Å². The summed E-state index contributed by atoms with van der Waals surface area (Å²) in [5, 5.41) is 0.502. The molecule has 0 bridgehead atoms. The Morgan fingerprint density at radius 1 is 0.897 bits per heavy atom. The summed E-state index contributed by atoms with van der Waals surface area (Å²) in [5.41, 5.74) is 4.27. The van der Waals surface area contributed by atoms with Gasteiger partial charge in [-0.2, -0.15) is 0 Å². The molecule has 5 rings (SSSR count). The Morgan fingerprint density at radius 2 is 1.62 bits per heavy atom. The van der Waals surface area contributed by atoms with Crippen molar-refractivity contribution in [3.8, 4) is 11.5 Å². The minimum atomic E-state index is -0.574. The van der Waals surface area contributed by atoms with Crippen molar-refractivity contribution in [3.63, 3.8) is 0 Å². The SMILES string of the molecule is CCCCCCOc1ccc(C2c3c(oc4c(C)cc(C)cc4c3=O)C(=O)N2Cc2ccc(OC)cc2)cc1. The zero-order valence-electron chi connectivity index (χ0n) is 23.1. The van der Waals surface area contributed by atoms with Crippen molar-refractivity contribution in [2.45, 2.75) is 59.0 Å². The molecule has 0 saturated carbocycles. The Hall–Kier alpha value is -4.06. The molecule has 1 unspecified atom stereocenters. The van der Waals surface area contributed by atoms with Crippen LogP contribution in [0.3, 0.4) is 0 Å². The van der Waals surface area contributed by atoms with Gasteiger partial charge in [-0.15, -0.1) is 0 Å². The quantitative estimate of drug-likeness (QED) is 0.206. The van der Waals surface area contributed by atoms with Crippen LogP contribution >= 0.6 is 0 Å². The van der Waals surface area contributed by atoms with E-state index in [9.17, 15) is 9.59 Å². The number of hydrogen-bond donors (Lipinski definition) is 0. The zero-order valence-corrected chi connectivity index (χ0v) is 23.1. The van der Waals surface area contributed by atoms with Crippen LogP contribution in [0.4, 0.5) is 0 Å². The molecule has 0 saturated heterocycles. The fourth-order valence-corrected chi connectivity index (χ4v) is 5.38. The molecule has 3 aromatic carbocycles. The van der Waals surface area contributed by atoms with Gasteiger partial charge in [0, 0.05) is 6.54 Å². The number of nitrogens with zero attached hydrogens (tertiary/aromatic N) is 1. The number of carbonyl (C=O) groups excluding carboxylic acids is 1. The van der Waals surface area contributed by atoms with Crippen LogP contribution in [-0.2, 0) is 6.54 Å². The summed E-state index contributed by atoms with van der Waals surface area (Å²) >= 11 is 0. The van der Waals surface area contributed by atoms with E-state index in [0.29, 0.717) is 29.7 Å². The maximum atomic E-state index is 14.0. The highest BCUT2D eigenvalue weighted by Crippen LogP contribution is 2.40. The van der Waals surface area contributed by atoms with Gasteiger partial charge < -0.3 is 18.8 Å². The van der Waals surface area contributed by atoms with Gasteiger partial charge in [0.25, 0.3) is 5.91 Å². The van der Waals surface area contributed by atoms with Crippen LogP contribution in [0.15, 0.2) is 69.9 Å². The van der Waals surface area contributed by atoms with Crippen molar-refractivity contribution in [2.75, 3.05) is 13.7 Å². The first-order valence-corrected chi connectivity index (χ1v) is 13.7. The summed E-state index contributed by atoms with van der Waals surface area (Å²) in [4.78, 5) is 29.5. The predicted molar refractivity (Wildman–Crippen MR) is 153 cm³/mol. The number of hydrogen-bond acceptors (Lipinski definition) is 5. The van der Waals surface area contributed by atoms with Crippen LogP contribution < -0.4 is 14.9 Å². The van der Waals surface area contributed by atoms with Crippen LogP contribution in [0.25, 0.3) is 11.0 Å². The molecule has 202 valence electrons. The lowest BCUT2D eigenvalue weighted by Gasteiger charge is -2.25. The number of carbonyl (C=O) groups is 1. The number of ether oxygens (including phenoxy) is 2. The molecule has 1 aromatic heterocycles. The number of aryl methyl sites for hydroxylation is 2. The van der Waals surface area contributed by atoms with Crippen molar-refractivity contribution >= 4 is 16.9 Å². The molecule has 1 aliphatic rings. The molecule has 0 aliphatic carbocycles. The summed E-state index contributed by atoms with van der Waals surface area (Å²) in [6, 6.07) is 18.6. The van der Waals surface area contributed by atoms with Crippen LogP contribution in [-0.4, -0.2) is 24.5 Å². The molecule has 39 heavy (non-hydrogen) atoms. The molecule has 0 fully saturated rings. The van der Waals surface area contributed by atoms with Crippen LogP contribution in [0, 0.1) is 13.8 Å². The number of methoxy groups -OCH3 is 1. The maximum absolute atomic E-state index is 14.0. The molecular formula is C33H35NO5. The van der Waals surface area contributed by atoms with Crippen LogP contribution in [0.1, 0.15) is 77.0 Å². The molecule has 1 aliphatic heterocycles. The lowest BCUT2D eigenvalue weighted by atomic mass is 9.97. The standard InChI is InChI=1S/C33H35NO5/c1-5-6-7-8-17-38-26-15-11-24(12-16-26)29-28-30(35)27-19-21(2)18-22(3)31(27)39-32(28)33(36)34(29)20-23-9-13-25(37-4)14-10-23/h9-16,18-19,29H,5-8,17,20H2,1-4H3. The summed E-state index contributed by atoms with van der Waals surface area (Å²) in [7, 11) is 1.62. The van der Waals surface area contributed by atoms with E-state index in [4.69, 9.17) is 13.9 Å². The highest BCUT2D eigenvalue weighted by molar-refractivity contribution is 5.99. The first-order valence-electron chi connectivity index (χ1n) is 13.7. The van der Waals surface area contributed by atoms with Gasteiger partial charge in [0.1, 0.15) is 17.1 Å². The predicted octanol–water partition coefficient (Wildman–Crippen LogP) is 7.12. The van der Waals surface area contributed by atoms with Gasteiger partial charge in [-0.25, -0.2) is 0 Å². The lowest BCUT2D eigenvalue weighted by Crippen LogP contribution is -2.29. The summed E-state index contributed by atoms with van der Waals surface area (Å²) in [5.74, 6) is 1.35. The molecule has 1 amide bonds. The number of fused-ring (bicyclic) bond motifs is 2. The Bertz CT molecular complexity index is 1540. The Labute approximate surface area is 229 Å². The first-order chi connectivity index (χ1) is 18.9. The van der Waals surface area contributed by atoms with E-state index >= 15 is 0 Å². The minimum Gasteiger partial charge on any atom is -0.497 e. The summed E-state index contributed by atoms with van der Waals surface area (Å²) < 4.78 is 17.4. The molecule has 0 N–H and O–H groups in total. The van der Waals surface area contributed by atoms with E-state index in [2.05, 4.69) is 6.92 Å². The van der Waals surface area contributed by atoms with Crippen molar-refractivity contribution in [3.05, 3.63) is 104 Å². The fraction of sp³-hybridized carbons (Fsp3) is 0.333. The van der Waals surface area contributed by atoms with Crippen molar-refractivity contribution in [2.24, 2.45) is 0 Å². The molecule has 4 aromatic rings. The molecule has 0 radical (unpaired) electrons. The first kappa shape index (κ1) is 26.5. The monoisotopic (exact) mass is 525 g/mol.